The minimum atomic E-state index is -4.76. The van der Waals surface area contributed by atoms with Gasteiger partial charge in [-0.1, -0.05) is 0 Å². The van der Waals surface area contributed by atoms with Gasteiger partial charge in [-0.2, -0.15) is 0 Å². The highest BCUT2D eigenvalue weighted by Gasteiger charge is 2.34. The molecule has 23 heavy (non-hydrogen) atoms. The lowest BCUT2D eigenvalue weighted by Gasteiger charge is -2.28. The second-order valence-electron chi connectivity index (χ2n) is 4.96. The Hall–Kier alpha value is -2.00. The summed E-state index contributed by atoms with van der Waals surface area (Å²) < 4.78 is 45.1. The number of ether oxygens (including phenoxy) is 2. The maximum absolute atomic E-state index is 12.2. The number of hydrogen-bond donors (Lipinski definition) is 2. The molecule has 1 aromatic carbocycles. The highest BCUT2D eigenvalue weighted by molar-refractivity contribution is 5.89. The predicted octanol–water partition coefficient (Wildman–Crippen LogP) is 2.20. The van der Waals surface area contributed by atoms with Gasteiger partial charge in [0.05, 0.1) is 25.4 Å². The molecule has 0 spiro atoms. The van der Waals surface area contributed by atoms with Gasteiger partial charge in [0.25, 0.3) is 0 Å². The molecule has 0 saturated carbocycles. The largest absolute Gasteiger partial charge is 0.573 e. The summed E-state index contributed by atoms with van der Waals surface area (Å²) in [5.74, 6) is -0.373. The molecule has 1 heterocycles. The smallest absolute Gasteiger partial charge is 0.406 e. The number of aliphatic hydroxyl groups excluding tert-OH is 1. The van der Waals surface area contributed by atoms with Crippen LogP contribution in [-0.2, 0) is 4.74 Å². The average molecular weight is 334 g/mol. The number of amides is 2. The normalized spacial score (nSPS) is 21.1. The summed E-state index contributed by atoms with van der Waals surface area (Å²) >= 11 is 0. The van der Waals surface area contributed by atoms with Gasteiger partial charge >= 0.3 is 12.4 Å². The lowest BCUT2D eigenvalue weighted by Crippen LogP contribution is -2.48. The van der Waals surface area contributed by atoms with Crippen molar-refractivity contribution in [2.75, 3.05) is 25.1 Å². The van der Waals surface area contributed by atoms with Crippen molar-refractivity contribution < 1.29 is 32.5 Å². The molecule has 0 unspecified atom stereocenters. The van der Waals surface area contributed by atoms with Gasteiger partial charge in [0.2, 0.25) is 0 Å². The third kappa shape index (κ3) is 4.73. The van der Waals surface area contributed by atoms with Crippen LogP contribution < -0.4 is 10.1 Å². The number of hydrogen-bond acceptors (Lipinski definition) is 4. The molecule has 1 saturated heterocycles. The number of alkyl halides is 3. The van der Waals surface area contributed by atoms with Crippen molar-refractivity contribution in [1.82, 2.24) is 4.90 Å². The lowest BCUT2D eigenvalue weighted by atomic mass is 10.2. The van der Waals surface area contributed by atoms with E-state index in [-0.39, 0.29) is 19.0 Å². The Labute approximate surface area is 130 Å². The van der Waals surface area contributed by atoms with Crippen molar-refractivity contribution in [2.24, 2.45) is 0 Å². The van der Waals surface area contributed by atoms with Gasteiger partial charge in [0.15, 0.2) is 0 Å². The molecule has 2 atom stereocenters. The van der Waals surface area contributed by atoms with Crippen LogP contribution in [0.15, 0.2) is 24.3 Å². The summed E-state index contributed by atoms with van der Waals surface area (Å²) in [5.41, 5.74) is 0.316. The molecule has 9 heteroatoms. The van der Waals surface area contributed by atoms with Crippen LogP contribution in [0.3, 0.4) is 0 Å². The summed E-state index contributed by atoms with van der Waals surface area (Å²) in [4.78, 5) is 13.6. The number of benzene rings is 1. The van der Waals surface area contributed by atoms with Crippen molar-refractivity contribution in [2.45, 2.75) is 25.4 Å². The molecule has 0 aliphatic carbocycles. The summed E-state index contributed by atoms with van der Waals surface area (Å²) in [6.07, 6.45) is -5.52. The maximum Gasteiger partial charge on any atom is 0.573 e. The van der Waals surface area contributed by atoms with Gasteiger partial charge in [-0.3, -0.25) is 0 Å². The standard InChI is InChI=1S/C14H17F3N2O4/c1-2-19(11-7-22-8-12(11)20)13(21)18-9-3-5-10(6-4-9)23-14(15,16)17/h3-6,11-12,20H,2,7-8H2,1H3,(H,18,21)/t11-,12-/m1/s1. The van der Waals surface area contributed by atoms with Gasteiger partial charge < -0.3 is 24.8 Å². The Morgan fingerprint density at radius 1 is 1.39 bits per heavy atom. The number of urea groups is 1. The van der Waals surface area contributed by atoms with E-state index in [4.69, 9.17) is 4.74 Å². The van der Waals surface area contributed by atoms with Crippen molar-refractivity contribution in [3.8, 4) is 5.75 Å². The van der Waals surface area contributed by atoms with Crippen LogP contribution >= 0.6 is 0 Å². The van der Waals surface area contributed by atoms with Crippen LogP contribution in [0.1, 0.15) is 6.92 Å². The van der Waals surface area contributed by atoms with Crippen LogP contribution in [0, 0.1) is 0 Å². The first-order chi connectivity index (χ1) is 10.8. The highest BCUT2D eigenvalue weighted by atomic mass is 19.4. The molecule has 6 nitrogen and oxygen atoms in total. The van der Waals surface area contributed by atoms with Crippen molar-refractivity contribution >= 4 is 11.7 Å². The van der Waals surface area contributed by atoms with Crippen LogP contribution in [0.25, 0.3) is 0 Å². The molecule has 1 aliphatic rings. The van der Waals surface area contributed by atoms with Crippen LogP contribution in [0.2, 0.25) is 0 Å². The molecule has 1 fully saturated rings. The SMILES string of the molecule is CCN(C(=O)Nc1ccc(OC(F)(F)F)cc1)[C@@H]1COC[C@H]1O. The molecule has 128 valence electrons. The maximum atomic E-state index is 12.2. The van der Waals surface area contributed by atoms with E-state index in [1.54, 1.807) is 6.92 Å². The van der Waals surface area contributed by atoms with E-state index in [0.717, 1.165) is 12.1 Å². The van der Waals surface area contributed by atoms with E-state index in [9.17, 15) is 23.1 Å². The first-order valence-corrected chi connectivity index (χ1v) is 6.99. The molecule has 0 bridgehead atoms. The van der Waals surface area contributed by atoms with Crippen molar-refractivity contribution in [3.05, 3.63) is 24.3 Å². The monoisotopic (exact) mass is 334 g/mol. The molecule has 1 aromatic rings. The number of rotatable bonds is 4. The number of carbonyl (C=O) groups excluding carboxylic acids is 1. The second-order valence-corrected chi connectivity index (χ2v) is 4.96. The molecule has 2 N–H and O–H groups in total. The number of anilines is 1. The van der Waals surface area contributed by atoms with Crippen molar-refractivity contribution in [3.63, 3.8) is 0 Å². The van der Waals surface area contributed by atoms with E-state index >= 15 is 0 Å². The highest BCUT2D eigenvalue weighted by Crippen LogP contribution is 2.24. The lowest BCUT2D eigenvalue weighted by molar-refractivity contribution is -0.274. The molecule has 0 aromatic heterocycles. The Kier molecular flexibility index (Phi) is 5.32. The Morgan fingerprint density at radius 2 is 2.04 bits per heavy atom. The summed E-state index contributed by atoms with van der Waals surface area (Å²) in [5, 5.41) is 12.3. The number of aliphatic hydroxyl groups is 1. The predicted molar refractivity (Wildman–Crippen MR) is 75.1 cm³/mol. The van der Waals surface area contributed by atoms with Gasteiger partial charge in [0.1, 0.15) is 5.75 Å². The molecular weight excluding hydrogens is 317 g/mol. The average Bonchev–Trinajstić information content (AvgIpc) is 2.87. The van der Waals surface area contributed by atoms with Gasteiger partial charge in [-0.15, -0.1) is 13.2 Å². The van der Waals surface area contributed by atoms with Gasteiger partial charge in [0, 0.05) is 12.2 Å². The number of likely N-dealkylation sites (N-methyl/N-ethyl adjacent to an activating group) is 1. The van der Waals surface area contributed by atoms with E-state index in [0.29, 0.717) is 12.2 Å². The fourth-order valence-corrected chi connectivity index (χ4v) is 2.29. The Morgan fingerprint density at radius 3 is 2.52 bits per heavy atom. The first-order valence-electron chi connectivity index (χ1n) is 6.99. The molecule has 1 aliphatic heterocycles. The molecular formula is C14H17F3N2O4. The van der Waals surface area contributed by atoms with E-state index in [2.05, 4.69) is 10.1 Å². The van der Waals surface area contributed by atoms with Crippen LogP contribution in [-0.4, -0.2) is 54.3 Å². The number of carbonyl (C=O) groups is 1. The molecule has 2 amide bonds. The number of halogens is 3. The van der Waals surface area contributed by atoms with Gasteiger partial charge in [-0.05, 0) is 31.2 Å². The summed E-state index contributed by atoms with van der Waals surface area (Å²) in [6, 6.07) is 3.89. The Balaban J connectivity index is 1.98. The molecule has 2 rings (SSSR count). The summed E-state index contributed by atoms with van der Waals surface area (Å²) in [6.45, 7) is 2.51. The zero-order chi connectivity index (χ0) is 17.0. The fourth-order valence-electron chi connectivity index (χ4n) is 2.29. The third-order valence-electron chi connectivity index (χ3n) is 3.36. The minimum absolute atomic E-state index is 0.165. The first kappa shape index (κ1) is 17.4. The fraction of sp³-hybridized carbons (Fsp3) is 0.500. The van der Waals surface area contributed by atoms with Crippen LogP contribution in [0.5, 0.6) is 5.75 Å². The second kappa shape index (κ2) is 7.05. The Bertz CT molecular complexity index is 536. The number of nitrogens with zero attached hydrogens (tertiary/aromatic N) is 1. The van der Waals surface area contributed by atoms with Gasteiger partial charge in [-0.25, -0.2) is 4.79 Å². The zero-order valence-electron chi connectivity index (χ0n) is 12.3. The van der Waals surface area contributed by atoms with E-state index < -0.39 is 24.5 Å². The number of nitrogens with one attached hydrogen (secondary N) is 1. The quantitative estimate of drug-likeness (QED) is 0.886. The zero-order valence-corrected chi connectivity index (χ0v) is 12.3. The summed E-state index contributed by atoms with van der Waals surface area (Å²) in [7, 11) is 0. The van der Waals surface area contributed by atoms with Crippen LogP contribution in [0.4, 0.5) is 23.7 Å². The van der Waals surface area contributed by atoms with Crippen molar-refractivity contribution in [1.29, 1.82) is 0 Å². The minimum Gasteiger partial charge on any atom is -0.406 e. The third-order valence-corrected chi connectivity index (χ3v) is 3.36. The van der Waals surface area contributed by atoms with E-state index in [1.807, 2.05) is 0 Å². The topological polar surface area (TPSA) is 71.0 Å². The molecule has 0 radical (unpaired) electrons. The van der Waals surface area contributed by atoms with E-state index in [1.165, 1.54) is 17.0 Å².